The van der Waals surface area contributed by atoms with Crippen LogP contribution in [0.3, 0.4) is 0 Å². The molecule has 0 saturated heterocycles. The summed E-state index contributed by atoms with van der Waals surface area (Å²) in [6.45, 7) is 1.98. The summed E-state index contributed by atoms with van der Waals surface area (Å²) in [6.07, 6.45) is 0. The molecule has 0 aliphatic rings. The van der Waals surface area contributed by atoms with Gasteiger partial charge in [-0.25, -0.2) is 0 Å². The summed E-state index contributed by atoms with van der Waals surface area (Å²) in [6, 6.07) is 19.7. The molecule has 0 aromatic heterocycles. The normalized spacial score (nSPS) is 10.3. The summed E-state index contributed by atoms with van der Waals surface area (Å²) >= 11 is 3.60. The second kappa shape index (κ2) is 5.59. The zero-order chi connectivity index (χ0) is 14.8. The van der Waals surface area contributed by atoms with Crippen molar-refractivity contribution in [2.24, 2.45) is 0 Å². The van der Waals surface area contributed by atoms with Crippen molar-refractivity contribution >= 4 is 26.7 Å². The molecule has 0 aliphatic carbocycles. The van der Waals surface area contributed by atoms with Crippen molar-refractivity contribution in [3.63, 3.8) is 0 Å². The monoisotopic (exact) mass is 337 g/mol. The Labute approximate surface area is 131 Å². The molecule has 3 heteroatoms. The van der Waals surface area contributed by atoms with Crippen molar-refractivity contribution in [2.45, 2.75) is 6.92 Å². The molecule has 0 N–H and O–H groups in total. The average molecular weight is 338 g/mol. The molecule has 0 spiro atoms. The van der Waals surface area contributed by atoms with E-state index in [1.807, 2.05) is 49.4 Å². The zero-order valence-electron chi connectivity index (χ0n) is 11.4. The first kappa shape index (κ1) is 13.7. The van der Waals surface area contributed by atoms with E-state index >= 15 is 0 Å². The molecule has 3 aromatic carbocycles. The topological polar surface area (TPSA) is 33.0 Å². The van der Waals surface area contributed by atoms with Gasteiger partial charge in [0, 0.05) is 0 Å². The molecule has 0 fully saturated rings. The summed E-state index contributed by atoms with van der Waals surface area (Å²) in [5, 5.41) is 11.4. The zero-order valence-corrected chi connectivity index (χ0v) is 13.0. The number of hydrogen-bond donors (Lipinski definition) is 0. The average Bonchev–Trinajstić information content (AvgIpc) is 2.51. The van der Waals surface area contributed by atoms with E-state index in [9.17, 15) is 5.26 Å². The molecular weight excluding hydrogens is 326 g/mol. The molecule has 0 unspecified atom stereocenters. The van der Waals surface area contributed by atoms with Gasteiger partial charge in [-0.3, -0.25) is 0 Å². The van der Waals surface area contributed by atoms with Gasteiger partial charge in [-0.05, 0) is 57.4 Å². The number of rotatable bonds is 2. The van der Waals surface area contributed by atoms with Crippen molar-refractivity contribution in [3.8, 4) is 17.6 Å². The van der Waals surface area contributed by atoms with Crippen LogP contribution >= 0.6 is 15.9 Å². The fraction of sp³-hybridized carbons (Fsp3) is 0.0556. The van der Waals surface area contributed by atoms with Crippen LogP contribution in [0.2, 0.25) is 0 Å². The van der Waals surface area contributed by atoms with Crippen molar-refractivity contribution in [3.05, 3.63) is 70.2 Å². The van der Waals surface area contributed by atoms with E-state index in [1.165, 1.54) is 0 Å². The Kier molecular flexibility index (Phi) is 3.64. The number of nitrogens with zero attached hydrogens (tertiary/aromatic N) is 1. The third kappa shape index (κ3) is 2.63. The van der Waals surface area contributed by atoms with E-state index in [-0.39, 0.29) is 0 Å². The number of nitriles is 1. The maximum Gasteiger partial charge on any atom is 0.145 e. The predicted molar refractivity (Wildman–Crippen MR) is 87.6 cm³/mol. The fourth-order valence-electron chi connectivity index (χ4n) is 2.22. The lowest BCUT2D eigenvalue weighted by molar-refractivity contribution is 0.478. The minimum absolute atomic E-state index is 0.528. The van der Waals surface area contributed by atoms with Crippen LogP contribution in [0.5, 0.6) is 11.5 Å². The standard InChI is InChI=1S/C18H12BrNO/c1-12-6-7-14(11-20)17(10-12)21-16-9-8-13-4-2-3-5-15(13)18(16)19/h2-10H,1H3. The Morgan fingerprint density at radius 2 is 1.81 bits per heavy atom. The first-order valence-electron chi connectivity index (χ1n) is 6.55. The number of hydrogen-bond acceptors (Lipinski definition) is 2. The van der Waals surface area contributed by atoms with Crippen LogP contribution in [-0.4, -0.2) is 0 Å². The van der Waals surface area contributed by atoms with Gasteiger partial charge in [0.25, 0.3) is 0 Å². The molecule has 0 bridgehead atoms. The van der Waals surface area contributed by atoms with Crippen LogP contribution in [0.4, 0.5) is 0 Å². The third-order valence-electron chi connectivity index (χ3n) is 3.31. The molecule has 21 heavy (non-hydrogen) atoms. The van der Waals surface area contributed by atoms with Crippen LogP contribution in [0.25, 0.3) is 10.8 Å². The van der Waals surface area contributed by atoms with Gasteiger partial charge >= 0.3 is 0 Å². The van der Waals surface area contributed by atoms with E-state index in [0.717, 1.165) is 20.8 Å². The highest BCUT2D eigenvalue weighted by molar-refractivity contribution is 9.10. The second-order valence-electron chi connectivity index (χ2n) is 4.81. The molecule has 0 radical (unpaired) electrons. The lowest BCUT2D eigenvalue weighted by Gasteiger charge is -2.11. The first-order chi connectivity index (χ1) is 10.2. The van der Waals surface area contributed by atoms with Crippen LogP contribution in [0.15, 0.2) is 59.1 Å². The highest BCUT2D eigenvalue weighted by Crippen LogP contribution is 2.36. The van der Waals surface area contributed by atoms with Gasteiger partial charge in [0.2, 0.25) is 0 Å². The Bertz CT molecular complexity index is 865. The summed E-state index contributed by atoms with van der Waals surface area (Å²) in [7, 11) is 0. The van der Waals surface area contributed by atoms with E-state index in [0.29, 0.717) is 17.1 Å². The maximum atomic E-state index is 9.19. The van der Waals surface area contributed by atoms with Crippen molar-refractivity contribution in [1.82, 2.24) is 0 Å². The van der Waals surface area contributed by atoms with Gasteiger partial charge in [-0.1, -0.05) is 36.4 Å². The largest absolute Gasteiger partial charge is 0.455 e. The molecule has 0 aliphatic heterocycles. The van der Waals surface area contributed by atoms with Gasteiger partial charge in [-0.15, -0.1) is 0 Å². The number of aryl methyl sites for hydroxylation is 1. The van der Waals surface area contributed by atoms with Crippen LogP contribution in [0, 0.1) is 18.3 Å². The van der Waals surface area contributed by atoms with Crippen molar-refractivity contribution in [1.29, 1.82) is 5.26 Å². The number of ether oxygens (including phenoxy) is 1. The predicted octanol–water partition coefficient (Wildman–Crippen LogP) is 5.57. The molecule has 0 heterocycles. The first-order valence-corrected chi connectivity index (χ1v) is 7.34. The lowest BCUT2D eigenvalue weighted by atomic mass is 10.1. The SMILES string of the molecule is Cc1ccc(C#N)c(Oc2ccc3ccccc3c2Br)c1. The Hall–Kier alpha value is -2.31. The highest BCUT2D eigenvalue weighted by Gasteiger charge is 2.10. The fourth-order valence-corrected chi connectivity index (χ4v) is 2.79. The summed E-state index contributed by atoms with van der Waals surface area (Å²) in [4.78, 5) is 0. The molecular formula is C18H12BrNO. The Balaban J connectivity index is 2.09. The molecule has 3 aromatic rings. The van der Waals surface area contributed by atoms with Crippen molar-refractivity contribution in [2.75, 3.05) is 0 Å². The second-order valence-corrected chi connectivity index (χ2v) is 5.61. The summed E-state index contributed by atoms with van der Waals surface area (Å²) in [5.74, 6) is 1.28. The molecule has 102 valence electrons. The smallest absolute Gasteiger partial charge is 0.145 e. The number of fused-ring (bicyclic) bond motifs is 1. The van der Waals surface area contributed by atoms with Gasteiger partial charge < -0.3 is 4.74 Å². The maximum absolute atomic E-state index is 9.19. The summed E-state index contributed by atoms with van der Waals surface area (Å²) in [5.41, 5.74) is 1.58. The minimum atomic E-state index is 0.528. The van der Waals surface area contributed by atoms with Gasteiger partial charge in [0.15, 0.2) is 0 Å². The van der Waals surface area contributed by atoms with E-state index < -0.39 is 0 Å². The van der Waals surface area contributed by atoms with E-state index in [2.05, 4.69) is 28.1 Å². The van der Waals surface area contributed by atoms with Crippen LogP contribution in [0.1, 0.15) is 11.1 Å². The van der Waals surface area contributed by atoms with Crippen LogP contribution < -0.4 is 4.74 Å². The molecule has 0 saturated carbocycles. The van der Waals surface area contributed by atoms with Crippen molar-refractivity contribution < 1.29 is 4.74 Å². The lowest BCUT2D eigenvalue weighted by Crippen LogP contribution is -1.91. The highest BCUT2D eigenvalue weighted by atomic mass is 79.9. The van der Waals surface area contributed by atoms with E-state index in [4.69, 9.17) is 4.74 Å². The minimum Gasteiger partial charge on any atom is -0.455 e. The summed E-state index contributed by atoms with van der Waals surface area (Å²) < 4.78 is 6.85. The van der Waals surface area contributed by atoms with Gasteiger partial charge in [0.1, 0.15) is 17.6 Å². The number of halogens is 1. The van der Waals surface area contributed by atoms with Crippen LogP contribution in [-0.2, 0) is 0 Å². The molecule has 2 nitrogen and oxygen atoms in total. The Morgan fingerprint density at radius 1 is 1.00 bits per heavy atom. The molecule has 3 rings (SSSR count). The Morgan fingerprint density at radius 3 is 2.62 bits per heavy atom. The van der Waals surface area contributed by atoms with E-state index in [1.54, 1.807) is 6.07 Å². The van der Waals surface area contributed by atoms with Gasteiger partial charge in [-0.2, -0.15) is 5.26 Å². The number of benzene rings is 3. The van der Waals surface area contributed by atoms with Gasteiger partial charge in [0.05, 0.1) is 10.0 Å². The quantitative estimate of drug-likeness (QED) is 0.611. The molecule has 0 atom stereocenters. The third-order valence-corrected chi connectivity index (χ3v) is 4.12. The molecule has 0 amide bonds.